The number of amides is 2. The van der Waals surface area contributed by atoms with E-state index in [1.54, 1.807) is 6.07 Å². The molecule has 1 aliphatic rings. The van der Waals surface area contributed by atoms with Gasteiger partial charge in [-0.05, 0) is 18.4 Å². The van der Waals surface area contributed by atoms with Crippen molar-refractivity contribution < 1.29 is 14.7 Å². The van der Waals surface area contributed by atoms with Crippen LogP contribution in [0, 0.1) is 5.92 Å². The highest BCUT2D eigenvalue weighted by atomic mass is 16.3. The maximum atomic E-state index is 12.2. The van der Waals surface area contributed by atoms with Crippen molar-refractivity contribution >= 4 is 11.8 Å². The Morgan fingerprint density at radius 3 is 2.50 bits per heavy atom. The third kappa shape index (κ3) is 1.90. The van der Waals surface area contributed by atoms with Crippen molar-refractivity contribution in [3.8, 4) is 0 Å². The molecule has 0 radical (unpaired) electrons. The van der Waals surface area contributed by atoms with Gasteiger partial charge in [0.05, 0.1) is 11.1 Å². The van der Waals surface area contributed by atoms with Gasteiger partial charge in [0.15, 0.2) is 0 Å². The summed E-state index contributed by atoms with van der Waals surface area (Å²) in [5, 5.41) is 9.07. The first-order chi connectivity index (χ1) is 8.57. The lowest BCUT2D eigenvalue weighted by Gasteiger charge is -2.28. The standard InChI is InChI=1S/C13H16N2O3/c1-8(2)11(4-6-16)15-12(17)9-3-5-14-7-10(9)13(15)18/h3,5,7-8,11,16H,4,6H2,1-2H3. The smallest absolute Gasteiger partial charge is 0.263 e. The highest BCUT2D eigenvalue weighted by molar-refractivity contribution is 6.21. The molecule has 0 aliphatic carbocycles. The van der Waals surface area contributed by atoms with E-state index in [4.69, 9.17) is 5.11 Å². The molecule has 96 valence electrons. The number of imide groups is 1. The summed E-state index contributed by atoms with van der Waals surface area (Å²) in [6.45, 7) is 3.82. The lowest BCUT2D eigenvalue weighted by molar-refractivity contribution is 0.0510. The van der Waals surface area contributed by atoms with Crippen molar-refractivity contribution in [1.29, 1.82) is 0 Å². The number of rotatable bonds is 4. The molecule has 1 unspecified atom stereocenters. The monoisotopic (exact) mass is 248 g/mol. The van der Waals surface area contributed by atoms with E-state index in [-0.39, 0.29) is 30.4 Å². The summed E-state index contributed by atoms with van der Waals surface area (Å²) in [5.74, 6) is -0.493. The summed E-state index contributed by atoms with van der Waals surface area (Å²) in [4.78, 5) is 29.6. The van der Waals surface area contributed by atoms with Crippen LogP contribution in [0.4, 0.5) is 0 Å². The van der Waals surface area contributed by atoms with E-state index in [9.17, 15) is 9.59 Å². The number of nitrogens with zero attached hydrogens (tertiary/aromatic N) is 2. The molecular weight excluding hydrogens is 232 g/mol. The molecule has 1 aromatic heterocycles. The topological polar surface area (TPSA) is 70.5 Å². The molecule has 1 N–H and O–H groups in total. The van der Waals surface area contributed by atoms with E-state index in [1.807, 2.05) is 13.8 Å². The average molecular weight is 248 g/mol. The first-order valence-electron chi connectivity index (χ1n) is 6.00. The maximum absolute atomic E-state index is 12.2. The van der Waals surface area contributed by atoms with Crippen molar-refractivity contribution in [2.75, 3.05) is 6.61 Å². The molecule has 1 aliphatic heterocycles. The Hall–Kier alpha value is -1.75. The molecule has 1 atom stereocenters. The van der Waals surface area contributed by atoms with Crippen molar-refractivity contribution in [1.82, 2.24) is 9.88 Å². The van der Waals surface area contributed by atoms with E-state index < -0.39 is 0 Å². The molecule has 0 spiro atoms. The van der Waals surface area contributed by atoms with Crippen LogP contribution in [0.15, 0.2) is 18.5 Å². The quantitative estimate of drug-likeness (QED) is 0.809. The van der Waals surface area contributed by atoms with Crippen molar-refractivity contribution in [2.45, 2.75) is 26.3 Å². The first kappa shape index (κ1) is 12.7. The third-order valence-corrected chi connectivity index (χ3v) is 3.25. The molecule has 2 heterocycles. The van der Waals surface area contributed by atoms with Gasteiger partial charge in [0.2, 0.25) is 0 Å². The summed E-state index contributed by atoms with van der Waals surface area (Å²) in [7, 11) is 0. The van der Waals surface area contributed by atoms with Crippen molar-refractivity contribution in [2.24, 2.45) is 5.92 Å². The maximum Gasteiger partial charge on any atom is 0.263 e. The highest BCUT2D eigenvalue weighted by Gasteiger charge is 2.40. The van der Waals surface area contributed by atoms with Crippen LogP contribution >= 0.6 is 0 Å². The van der Waals surface area contributed by atoms with E-state index in [2.05, 4.69) is 4.98 Å². The van der Waals surface area contributed by atoms with Crippen molar-refractivity contribution in [3.63, 3.8) is 0 Å². The second kappa shape index (κ2) is 4.86. The van der Waals surface area contributed by atoms with Gasteiger partial charge >= 0.3 is 0 Å². The molecular formula is C13H16N2O3. The van der Waals surface area contributed by atoms with Crippen LogP contribution in [-0.2, 0) is 0 Å². The van der Waals surface area contributed by atoms with Gasteiger partial charge in [0.25, 0.3) is 11.8 Å². The minimum absolute atomic E-state index is 0.0471. The van der Waals surface area contributed by atoms with Gasteiger partial charge in [-0.1, -0.05) is 13.8 Å². The molecule has 5 heteroatoms. The molecule has 0 fully saturated rings. The molecule has 0 aromatic carbocycles. The van der Waals surface area contributed by atoms with Crippen LogP contribution in [0.3, 0.4) is 0 Å². The van der Waals surface area contributed by atoms with Gasteiger partial charge in [-0.3, -0.25) is 19.5 Å². The van der Waals surface area contributed by atoms with Crippen LogP contribution < -0.4 is 0 Å². The van der Waals surface area contributed by atoms with Crippen LogP contribution in [0.5, 0.6) is 0 Å². The second-order valence-corrected chi connectivity index (χ2v) is 4.73. The largest absolute Gasteiger partial charge is 0.396 e. The number of carbonyl (C=O) groups is 2. The van der Waals surface area contributed by atoms with Gasteiger partial charge in [-0.25, -0.2) is 0 Å². The Kier molecular flexibility index (Phi) is 3.43. The number of carbonyl (C=O) groups excluding carboxylic acids is 2. The number of aromatic nitrogens is 1. The molecule has 0 bridgehead atoms. The number of hydrogen-bond acceptors (Lipinski definition) is 4. The average Bonchev–Trinajstić information content (AvgIpc) is 2.60. The summed E-state index contributed by atoms with van der Waals surface area (Å²) in [6.07, 6.45) is 3.33. The molecule has 0 saturated carbocycles. The van der Waals surface area contributed by atoms with Crippen LogP contribution in [0.2, 0.25) is 0 Å². The lowest BCUT2D eigenvalue weighted by Crippen LogP contribution is -2.43. The predicted octanol–water partition coefficient (Wildman–Crippen LogP) is 1.08. The van der Waals surface area contributed by atoms with Crippen LogP contribution in [0.25, 0.3) is 0 Å². The zero-order valence-electron chi connectivity index (χ0n) is 10.5. The Morgan fingerprint density at radius 1 is 1.28 bits per heavy atom. The van der Waals surface area contributed by atoms with Gasteiger partial charge in [-0.2, -0.15) is 0 Å². The minimum Gasteiger partial charge on any atom is -0.396 e. The second-order valence-electron chi connectivity index (χ2n) is 4.73. The Morgan fingerprint density at radius 2 is 1.94 bits per heavy atom. The van der Waals surface area contributed by atoms with Crippen LogP contribution in [0.1, 0.15) is 41.0 Å². The number of aliphatic hydroxyl groups excluding tert-OH is 1. The SMILES string of the molecule is CC(C)C(CCO)N1C(=O)c2ccncc2C1=O. The fraction of sp³-hybridized carbons (Fsp3) is 0.462. The summed E-state index contributed by atoms with van der Waals surface area (Å²) >= 11 is 0. The molecule has 2 amide bonds. The van der Waals surface area contributed by atoms with Crippen molar-refractivity contribution in [3.05, 3.63) is 29.6 Å². The van der Waals surface area contributed by atoms with E-state index in [1.165, 1.54) is 17.3 Å². The van der Waals surface area contributed by atoms with Gasteiger partial charge < -0.3 is 5.11 Å². The van der Waals surface area contributed by atoms with Crippen LogP contribution in [-0.4, -0.2) is 39.5 Å². The summed E-state index contributed by atoms with van der Waals surface area (Å²) in [5.41, 5.74) is 0.754. The first-order valence-corrected chi connectivity index (χ1v) is 6.00. The minimum atomic E-state index is -0.310. The fourth-order valence-electron chi connectivity index (χ4n) is 2.30. The lowest BCUT2D eigenvalue weighted by atomic mass is 9.99. The Bertz CT molecular complexity index is 450. The van der Waals surface area contributed by atoms with Gasteiger partial charge in [0.1, 0.15) is 0 Å². The molecule has 18 heavy (non-hydrogen) atoms. The predicted molar refractivity (Wildman–Crippen MR) is 65.1 cm³/mol. The number of pyridine rings is 1. The van der Waals surface area contributed by atoms with Gasteiger partial charge in [0, 0.05) is 25.0 Å². The zero-order valence-corrected chi connectivity index (χ0v) is 10.5. The zero-order chi connectivity index (χ0) is 13.3. The number of fused-ring (bicyclic) bond motifs is 1. The summed E-state index contributed by atoms with van der Waals surface area (Å²) in [6, 6.07) is 1.29. The number of aliphatic hydroxyl groups is 1. The fourth-order valence-corrected chi connectivity index (χ4v) is 2.30. The molecule has 1 aromatic rings. The van der Waals surface area contributed by atoms with E-state index in [0.717, 1.165) is 0 Å². The molecule has 0 saturated heterocycles. The highest BCUT2D eigenvalue weighted by Crippen LogP contribution is 2.27. The normalized spacial score (nSPS) is 16.3. The van der Waals surface area contributed by atoms with Gasteiger partial charge in [-0.15, -0.1) is 0 Å². The Labute approximate surface area is 105 Å². The number of hydrogen-bond donors (Lipinski definition) is 1. The summed E-state index contributed by atoms with van der Waals surface area (Å²) < 4.78 is 0. The molecule has 2 rings (SSSR count). The Balaban J connectivity index is 2.38. The van der Waals surface area contributed by atoms with E-state index >= 15 is 0 Å². The third-order valence-electron chi connectivity index (χ3n) is 3.25. The molecule has 5 nitrogen and oxygen atoms in total. The van der Waals surface area contributed by atoms with E-state index in [0.29, 0.717) is 17.5 Å².